The van der Waals surface area contributed by atoms with Gasteiger partial charge < -0.3 is 0 Å². The van der Waals surface area contributed by atoms with Crippen LogP contribution in [0.3, 0.4) is 0 Å². The third-order valence-electron chi connectivity index (χ3n) is 3.84. The number of aryl methyl sites for hydroxylation is 2. The SMILES string of the molecule is Cc1ccsc1CN(C)S(=O)(=O)c1cc([N+](=O)[O-])cc(C)c1C. The Morgan fingerprint density at radius 2 is 1.87 bits per heavy atom. The van der Waals surface area contributed by atoms with Gasteiger partial charge >= 0.3 is 0 Å². The van der Waals surface area contributed by atoms with Crippen molar-refractivity contribution in [2.24, 2.45) is 0 Å². The Labute approximate surface area is 139 Å². The van der Waals surface area contributed by atoms with Crippen molar-refractivity contribution in [1.82, 2.24) is 4.31 Å². The van der Waals surface area contributed by atoms with Crippen molar-refractivity contribution in [2.45, 2.75) is 32.2 Å². The van der Waals surface area contributed by atoms with E-state index in [0.29, 0.717) is 11.1 Å². The summed E-state index contributed by atoms with van der Waals surface area (Å²) in [6.07, 6.45) is 0. The Bertz CT molecular complexity index is 856. The van der Waals surface area contributed by atoms with Gasteiger partial charge in [-0.2, -0.15) is 4.31 Å². The molecule has 0 N–H and O–H groups in total. The lowest BCUT2D eigenvalue weighted by molar-refractivity contribution is -0.385. The van der Waals surface area contributed by atoms with Gasteiger partial charge in [-0.1, -0.05) is 0 Å². The second-order valence-electron chi connectivity index (χ2n) is 5.43. The predicted molar refractivity (Wildman–Crippen MR) is 90.3 cm³/mol. The van der Waals surface area contributed by atoms with E-state index in [4.69, 9.17) is 0 Å². The van der Waals surface area contributed by atoms with E-state index in [1.807, 2.05) is 18.4 Å². The summed E-state index contributed by atoms with van der Waals surface area (Å²) in [7, 11) is -2.32. The molecule has 23 heavy (non-hydrogen) atoms. The zero-order valence-corrected chi connectivity index (χ0v) is 15.0. The van der Waals surface area contributed by atoms with Crippen molar-refractivity contribution >= 4 is 27.0 Å². The molecule has 0 unspecified atom stereocenters. The number of sulfonamides is 1. The second kappa shape index (κ2) is 6.38. The molecule has 0 aliphatic carbocycles. The molecule has 1 aromatic heterocycles. The number of hydrogen-bond donors (Lipinski definition) is 0. The van der Waals surface area contributed by atoms with Gasteiger partial charge in [0.05, 0.1) is 9.82 Å². The van der Waals surface area contributed by atoms with Gasteiger partial charge in [0.2, 0.25) is 10.0 Å². The van der Waals surface area contributed by atoms with Crippen LogP contribution in [0.25, 0.3) is 0 Å². The molecule has 0 amide bonds. The number of rotatable bonds is 5. The van der Waals surface area contributed by atoms with Gasteiger partial charge in [-0.05, 0) is 48.9 Å². The molecule has 0 fully saturated rings. The molecule has 0 saturated heterocycles. The number of nitrogens with zero attached hydrogens (tertiary/aromatic N) is 2. The van der Waals surface area contributed by atoms with Crippen LogP contribution in [0.5, 0.6) is 0 Å². The molecule has 0 saturated carbocycles. The van der Waals surface area contributed by atoms with Crippen LogP contribution in [0.2, 0.25) is 0 Å². The summed E-state index contributed by atoms with van der Waals surface area (Å²) < 4.78 is 26.9. The fraction of sp³-hybridized carbons (Fsp3) is 0.333. The average Bonchev–Trinajstić information content (AvgIpc) is 2.86. The van der Waals surface area contributed by atoms with Gasteiger partial charge in [0.15, 0.2) is 0 Å². The minimum Gasteiger partial charge on any atom is -0.258 e. The quantitative estimate of drug-likeness (QED) is 0.609. The first-order valence-electron chi connectivity index (χ1n) is 6.89. The van der Waals surface area contributed by atoms with E-state index in [-0.39, 0.29) is 17.1 Å². The summed E-state index contributed by atoms with van der Waals surface area (Å²) in [6, 6.07) is 4.45. The first-order chi connectivity index (χ1) is 10.6. The minimum absolute atomic E-state index is 0.0130. The minimum atomic E-state index is -3.81. The zero-order valence-electron chi connectivity index (χ0n) is 13.4. The lowest BCUT2D eigenvalue weighted by Crippen LogP contribution is -2.27. The third kappa shape index (κ3) is 3.44. The molecule has 0 spiro atoms. The maximum absolute atomic E-state index is 12.8. The van der Waals surface area contributed by atoms with Gasteiger partial charge in [-0.3, -0.25) is 10.1 Å². The van der Waals surface area contributed by atoms with E-state index in [2.05, 4.69) is 0 Å². The highest BCUT2D eigenvalue weighted by Gasteiger charge is 2.27. The van der Waals surface area contributed by atoms with Crippen LogP contribution in [0, 0.1) is 30.9 Å². The van der Waals surface area contributed by atoms with E-state index in [1.54, 1.807) is 13.8 Å². The maximum atomic E-state index is 12.8. The normalized spacial score (nSPS) is 11.9. The van der Waals surface area contributed by atoms with Gasteiger partial charge in [-0.25, -0.2) is 8.42 Å². The van der Waals surface area contributed by atoms with Crippen LogP contribution in [-0.4, -0.2) is 24.7 Å². The lowest BCUT2D eigenvalue weighted by Gasteiger charge is -2.19. The van der Waals surface area contributed by atoms with E-state index < -0.39 is 14.9 Å². The third-order valence-corrected chi connectivity index (χ3v) is 6.78. The van der Waals surface area contributed by atoms with E-state index in [1.165, 1.54) is 28.8 Å². The van der Waals surface area contributed by atoms with Crippen LogP contribution in [0.15, 0.2) is 28.5 Å². The van der Waals surface area contributed by atoms with Crippen LogP contribution >= 0.6 is 11.3 Å². The van der Waals surface area contributed by atoms with Crippen LogP contribution in [-0.2, 0) is 16.6 Å². The van der Waals surface area contributed by atoms with Gasteiger partial charge in [0, 0.05) is 30.6 Å². The largest absolute Gasteiger partial charge is 0.271 e. The van der Waals surface area contributed by atoms with Crippen molar-refractivity contribution in [1.29, 1.82) is 0 Å². The fourth-order valence-corrected chi connectivity index (χ4v) is 4.70. The van der Waals surface area contributed by atoms with Crippen LogP contribution < -0.4 is 0 Å². The Morgan fingerprint density at radius 1 is 1.22 bits per heavy atom. The van der Waals surface area contributed by atoms with Crippen molar-refractivity contribution in [3.8, 4) is 0 Å². The number of non-ortho nitro benzene ring substituents is 1. The van der Waals surface area contributed by atoms with Crippen LogP contribution in [0.4, 0.5) is 5.69 Å². The highest BCUT2D eigenvalue weighted by Crippen LogP contribution is 2.28. The molecule has 6 nitrogen and oxygen atoms in total. The molecule has 8 heteroatoms. The summed E-state index contributed by atoms with van der Waals surface area (Å²) in [6.45, 7) is 5.50. The molecule has 0 radical (unpaired) electrons. The average molecular weight is 354 g/mol. The molecular formula is C15H18N2O4S2. The van der Waals surface area contributed by atoms with Gasteiger partial charge in [0.25, 0.3) is 5.69 Å². The molecular weight excluding hydrogens is 336 g/mol. The first-order valence-corrected chi connectivity index (χ1v) is 9.21. The summed E-state index contributed by atoms with van der Waals surface area (Å²) in [5.74, 6) is 0. The van der Waals surface area contributed by atoms with Crippen LogP contribution in [0.1, 0.15) is 21.6 Å². The Kier molecular flexibility index (Phi) is 4.88. The van der Waals surface area contributed by atoms with Crippen molar-refractivity contribution in [3.05, 3.63) is 55.3 Å². The number of nitro benzene ring substituents is 1. The molecule has 1 aromatic carbocycles. The Balaban J connectivity index is 2.47. The summed E-state index contributed by atoms with van der Waals surface area (Å²) >= 11 is 1.49. The summed E-state index contributed by atoms with van der Waals surface area (Å²) in [5.41, 5.74) is 1.93. The zero-order chi connectivity index (χ0) is 17.4. The maximum Gasteiger partial charge on any atom is 0.271 e. The fourth-order valence-electron chi connectivity index (χ4n) is 2.20. The highest BCUT2D eigenvalue weighted by atomic mass is 32.2. The number of thiophene rings is 1. The van der Waals surface area contributed by atoms with Gasteiger partial charge in [0.1, 0.15) is 0 Å². The van der Waals surface area contributed by atoms with Gasteiger partial charge in [-0.15, -0.1) is 11.3 Å². The van der Waals surface area contributed by atoms with E-state index in [0.717, 1.165) is 16.5 Å². The monoisotopic (exact) mass is 354 g/mol. The predicted octanol–water partition coefficient (Wildman–Crippen LogP) is 3.40. The lowest BCUT2D eigenvalue weighted by atomic mass is 10.1. The standard InChI is InChI=1S/C15H18N2O4S2/c1-10-5-6-22-14(10)9-16(4)23(20,21)15-8-13(17(18)19)7-11(2)12(15)3/h5-8H,9H2,1-4H3. The highest BCUT2D eigenvalue weighted by molar-refractivity contribution is 7.89. The molecule has 2 aromatic rings. The number of benzene rings is 1. The molecule has 0 atom stereocenters. The number of nitro groups is 1. The molecule has 124 valence electrons. The van der Waals surface area contributed by atoms with E-state index >= 15 is 0 Å². The van der Waals surface area contributed by atoms with Crippen molar-refractivity contribution < 1.29 is 13.3 Å². The Hall–Kier alpha value is -1.77. The molecule has 0 aliphatic heterocycles. The Morgan fingerprint density at radius 3 is 2.39 bits per heavy atom. The summed E-state index contributed by atoms with van der Waals surface area (Å²) in [5, 5.41) is 12.9. The molecule has 0 aliphatic rings. The van der Waals surface area contributed by atoms with Crippen molar-refractivity contribution in [2.75, 3.05) is 7.05 Å². The number of hydrogen-bond acceptors (Lipinski definition) is 5. The topological polar surface area (TPSA) is 80.5 Å². The second-order valence-corrected chi connectivity index (χ2v) is 8.44. The molecule has 0 bridgehead atoms. The first kappa shape index (κ1) is 17.6. The van der Waals surface area contributed by atoms with Crippen molar-refractivity contribution in [3.63, 3.8) is 0 Å². The molecule has 1 heterocycles. The molecule has 2 rings (SSSR count). The smallest absolute Gasteiger partial charge is 0.258 e. The van der Waals surface area contributed by atoms with E-state index in [9.17, 15) is 18.5 Å². The summed E-state index contributed by atoms with van der Waals surface area (Å²) in [4.78, 5) is 11.4.